The van der Waals surface area contributed by atoms with E-state index in [1.54, 1.807) is 0 Å². The standard InChI is InChI=1S/C12H28OSi/c1-7-9-11(8-2)10-12(3,4)14(5,6)13/h11,13H,7-10H2,1-6H3. The van der Waals surface area contributed by atoms with Gasteiger partial charge in [-0.15, -0.1) is 0 Å². The summed E-state index contributed by atoms with van der Waals surface area (Å²) in [7, 11) is -1.99. The van der Waals surface area contributed by atoms with Crippen molar-refractivity contribution in [2.24, 2.45) is 5.92 Å². The fourth-order valence-electron chi connectivity index (χ4n) is 1.83. The number of hydrogen-bond acceptors (Lipinski definition) is 1. The SMILES string of the molecule is CCCC(CC)CC(C)(C)[Si](C)(C)O. The molecule has 0 aliphatic carbocycles. The molecule has 1 N–H and O–H groups in total. The summed E-state index contributed by atoms with van der Waals surface area (Å²) in [6, 6.07) is 0. The second-order valence-electron chi connectivity index (χ2n) is 5.71. The van der Waals surface area contributed by atoms with Crippen molar-refractivity contribution >= 4 is 8.32 Å². The quantitative estimate of drug-likeness (QED) is 0.660. The summed E-state index contributed by atoms with van der Waals surface area (Å²) in [6.45, 7) is 13.1. The van der Waals surface area contributed by atoms with Gasteiger partial charge in [-0.2, -0.15) is 0 Å². The molecule has 0 rings (SSSR count). The molecule has 1 nitrogen and oxygen atoms in total. The summed E-state index contributed by atoms with van der Waals surface area (Å²) in [6.07, 6.45) is 5.02. The maximum Gasteiger partial charge on any atom is 0.188 e. The Labute approximate surface area is 91.1 Å². The van der Waals surface area contributed by atoms with Crippen molar-refractivity contribution in [3.63, 3.8) is 0 Å². The van der Waals surface area contributed by atoms with Crippen molar-refractivity contribution in [3.05, 3.63) is 0 Å². The summed E-state index contributed by atoms with van der Waals surface area (Å²) in [5.41, 5.74) is 0. The molecule has 0 aromatic carbocycles. The molecule has 0 aliphatic rings. The van der Waals surface area contributed by atoms with E-state index in [4.69, 9.17) is 0 Å². The highest BCUT2D eigenvalue weighted by Gasteiger charge is 2.38. The Kier molecular flexibility index (Phi) is 5.38. The molecular formula is C12H28OSi. The average molecular weight is 216 g/mol. The molecule has 0 heterocycles. The van der Waals surface area contributed by atoms with Crippen molar-refractivity contribution in [1.29, 1.82) is 0 Å². The average Bonchev–Trinajstić information content (AvgIpc) is 2.01. The first-order valence-electron chi connectivity index (χ1n) is 5.97. The maximum atomic E-state index is 10.2. The van der Waals surface area contributed by atoms with Crippen LogP contribution in [0.1, 0.15) is 53.4 Å². The van der Waals surface area contributed by atoms with Crippen LogP contribution in [0.3, 0.4) is 0 Å². The van der Waals surface area contributed by atoms with Gasteiger partial charge in [-0.25, -0.2) is 0 Å². The first-order chi connectivity index (χ1) is 6.24. The van der Waals surface area contributed by atoms with Crippen molar-refractivity contribution in [1.82, 2.24) is 0 Å². The predicted molar refractivity (Wildman–Crippen MR) is 67.0 cm³/mol. The first kappa shape index (κ1) is 14.2. The van der Waals surface area contributed by atoms with Crippen LogP contribution in [-0.4, -0.2) is 13.1 Å². The maximum absolute atomic E-state index is 10.2. The van der Waals surface area contributed by atoms with Gasteiger partial charge in [0.1, 0.15) is 0 Å². The molecule has 0 spiro atoms. The van der Waals surface area contributed by atoms with Crippen LogP contribution in [0.25, 0.3) is 0 Å². The van der Waals surface area contributed by atoms with Gasteiger partial charge < -0.3 is 4.80 Å². The van der Waals surface area contributed by atoms with Crippen LogP contribution in [0.2, 0.25) is 18.1 Å². The van der Waals surface area contributed by atoms with E-state index in [1.165, 1.54) is 25.7 Å². The molecule has 0 aromatic rings. The van der Waals surface area contributed by atoms with Crippen LogP contribution in [0, 0.1) is 5.92 Å². The Morgan fingerprint density at radius 3 is 2.00 bits per heavy atom. The van der Waals surface area contributed by atoms with E-state index in [0.717, 1.165) is 5.92 Å². The summed E-state index contributed by atoms with van der Waals surface area (Å²) >= 11 is 0. The monoisotopic (exact) mass is 216 g/mol. The van der Waals surface area contributed by atoms with Crippen molar-refractivity contribution in [3.8, 4) is 0 Å². The second kappa shape index (κ2) is 5.31. The van der Waals surface area contributed by atoms with Gasteiger partial charge >= 0.3 is 0 Å². The summed E-state index contributed by atoms with van der Waals surface area (Å²) in [4.78, 5) is 10.2. The van der Waals surface area contributed by atoms with Crippen LogP contribution in [0.4, 0.5) is 0 Å². The molecule has 1 atom stereocenters. The minimum Gasteiger partial charge on any atom is -0.432 e. The topological polar surface area (TPSA) is 20.2 Å². The van der Waals surface area contributed by atoms with Crippen molar-refractivity contribution in [2.75, 3.05) is 0 Å². The Morgan fingerprint density at radius 2 is 1.71 bits per heavy atom. The molecule has 0 aliphatic heterocycles. The lowest BCUT2D eigenvalue weighted by Gasteiger charge is -2.37. The van der Waals surface area contributed by atoms with Crippen LogP contribution < -0.4 is 0 Å². The zero-order valence-electron chi connectivity index (χ0n) is 10.9. The molecule has 0 radical (unpaired) electrons. The Bertz CT molecular complexity index is 158. The lowest BCUT2D eigenvalue weighted by atomic mass is 9.90. The highest BCUT2D eigenvalue weighted by Crippen LogP contribution is 2.42. The summed E-state index contributed by atoms with van der Waals surface area (Å²) < 4.78 is 0. The molecule has 0 fully saturated rings. The lowest BCUT2D eigenvalue weighted by molar-refractivity contribution is 0.348. The van der Waals surface area contributed by atoms with Crippen LogP contribution in [0.5, 0.6) is 0 Å². The fraction of sp³-hybridized carbons (Fsp3) is 1.00. The van der Waals surface area contributed by atoms with Crippen molar-refractivity contribution in [2.45, 2.75) is 71.5 Å². The van der Waals surface area contributed by atoms with Gasteiger partial charge in [0.25, 0.3) is 0 Å². The van der Waals surface area contributed by atoms with Crippen LogP contribution >= 0.6 is 0 Å². The second-order valence-corrected chi connectivity index (χ2v) is 10.2. The third-order valence-electron chi connectivity index (χ3n) is 3.73. The zero-order chi connectivity index (χ0) is 11.4. The van der Waals surface area contributed by atoms with Crippen molar-refractivity contribution < 1.29 is 4.80 Å². The lowest BCUT2D eigenvalue weighted by Crippen LogP contribution is -2.40. The van der Waals surface area contributed by atoms with Gasteiger partial charge in [-0.3, -0.25) is 0 Å². The van der Waals surface area contributed by atoms with E-state index in [2.05, 4.69) is 40.8 Å². The minimum atomic E-state index is -1.99. The molecule has 14 heavy (non-hydrogen) atoms. The highest BCUT2D eigenvalue weighted by molar-refractivity contribution is 6.72. The van der Waals surface area contributed by atoms with E-state index in [0.29, 0.717) is 0 Å². The first-order valence-corrected chi connectivity index (χ1v) is 8.91. The van der Waals surface area contributed by atoms with E-state index < -0.39 is 8.32 Å². The van der Waals surface area contributed by atoms with E-state index in [-0.39, 0.29) is 5.04 Å². The van der Waals surface area contributed by atoms with Crippen LogP contribution in [-0.2, 0) is 0 Å². The minimum absolute atomic E-state index is 0.156. The Hall–Kier alpha value is 0.177. The highest BCUT2D eigenvalue weighted by atomic mass is 28.4. The third-order valence-corrected chi connectivity index (χ3v) is 7.25. The normalized spacial score (nSPS) is 15.6. The molecule has 0 bridgehead atoms. The molecular weight excluding hydrogens is 188 g/mol. The summed E-state index contributed by atoms with van der Waals surface area (Å²) in [5.74, 6) is 0.800. The van der Waals surface area contributed by atoms with Crippen LogP contribution in [0.15, 0.2) is 0 Å². The molecule has 0 saturated carbocycles. The van der Waals surface area contributed by atoms with Gasteiger partial charge in [-0.1, -0.05) is 47.0 Å². The Morgan fingerprint density at radius 1 is 1.21 bits per heavy atom. The van der Waals surface area contributed by atoms with E-state index in [1.807, 2.05) is 0 Å². The molecule has 0 saturated heterocycles. The van der Waals surface area contributed by atoms with Gasteiger partial charge in [-0.05, 0) is 30.5 Å². The molecule has 1 unspecified atom stereocenters. The van der Waals surface area contributed by atoms with E-state index in [9.17, 15) is 4.80 Å². The van der Waals surface area contributed by atoms with Gasteiger partial charge in [0.2, 0.25) is 0 Å². The zero-order valence-corrected chi connectivity index (χ0v) is 11.9. The number of hydrogen-bond donors (Lipinski definition) is 1. The molecule has 86 valence electrons. The van der Waals surface area contributed by atoms with Gasteiger partial charge in [0.15, 0.2) is 8.32 Å². The smallest absolute Gasteiger partial charge is 0.188 e. The largest absolute Gasteiger partial charge is 0.432 e. The summed E-state index contributed by atoms with van der Waals surface area (Å²) in [5, 5.41) is 0.156. The Balaban J connectivity index is 4.32. The fourth-order valence-corrected chi connectivity index (χ4v) is 2.62. The van der Waals surface area contributed by atoms with Gasteiger partial charge in [0, 0.05) is 0 Å². The molecule has 0 amide bonds. The van der Waals surface area contributed by atoms with E-state index >= 15 is 0 Å². The third kappa shape index (κ3) is 4.14. The van der Waals surface area contributed by atoms with Gasteiger partial charge in [0.05, 0.1) is 0 Å². The predicted octanol–water partition coefficient (Wildman–Crippen LogP) is 4.18. The molecule has 0 aromatic heterocycles. The number of rotatable bonds is 6. The molecule has 2 heteroatoms.